The van der Waals surface area contributed by atoms with Crippen molar-refractivity contribution in [3.63, 3.8) is 0 Å². The Bertz CT molecular complexity index is 740. The fourth-order valence-electron chi connectivity index (χ4n) is 3.22. The molecule has 138 valence electrons. The van der Waals surface area contributed by atoms with Crippen molar-refractivity contribution in [2.45, 2.75) is 39.1 Å². The van der Waals surface area contributed by atoms with Gasteiger partial charge in [0.1, 0.15) is 0 Å². The fraction of sp³-hybridized carbons (Fsp3) is 0.421. The highest BCUT2D eigenvalue weighted by atomic mass is 16.5. The smallest absolute Gasteiger partial charge is 0.273 e. The Balaban J connectivity index is 1.53. The summed E-state index contributed by atoms with van der Waals surface area (Å²) < 4.78 is 5.77. The van der Waals surface area contributed by atoms with Crippen LogP contribution in [-0.2, 0) is 17.8 Å². The summed E-state index contributed by atoms with van der Waals surface area (Å²) in [5.74, 6) is -0.190. The number of anilines is 1. The molecule has 1 saturated heterocycles. The summed E-state index contributed by atoms with van der Waals surface area (Å²) in [6.45, 7) is 7.43. The van der Waals surface area contributed by atoms with E-state index in [1.165, 1.54) is 18.0 Å². The highest BCUT2D eigenvalue weighted by molar-refractivity contribution is 5.96. The molecule has 26 heavy (non-hydrogen) atoms. The topological polar surface area (TPSA) is 93.4 Å². The molecule has 1 aliphatic rings. The molecule has 1 fully saturated rings. The van der Waals surface area contributed by atoms with E-state index in [0.29, 0.717) is 6.54 Å². The average molecular weight is 355 g/mol. The number of rotatable bonds is 5. The summed E-state index contributed by atoms with van der Waals surface area (Å²) in [5, 5.41) is 2.82. The highest BCUT2D eigenvalue weighted by Crippen LogP contribution is 2.15. The summed E-state index contributed by atoms with van der Waals surface area (Å²) >= 11 is 0. The maximum atomic E-state index is 12.1. The van der Waals surface area contributed by atoms with Gasteiger partial charge in [-0.3, -0.25) is 9.69 Å². The van der Waals surface area contributed by atoms with Crippen LogP contribution in [0.4, 0.5) is 5.82 Å². The third-order valence-corrected chi connectivity index (χ3v) is 4.32. The molecule has 2 aromatic rings. The van der Waals surface area contributed by atoms with Crippen LogP contribution in [-0.4, -0.2) is 46.1 Å². The summed E-state index contributed by atoms with van der Waals surface area (Å²) in [6.07, 6.45) is 3.44. The minimum atomic E-state index is -0.323. The number of hydrogen-bond acceptors (Lipinski definition) is 6. The van der Waals surface area contributed by atoms with E-state index in [-0.39, 0.29) is 29.6 Å². The van der Waals surface area contributed by atoms with Gasteiger partial charge in [-0.1, -0.05) is 24.3 Å². The minimum Gasteiger partial charge on any atom is -0.382 e. The Labute approximate surface area is 153 Å². The number of ether oxygens (including phenoxy) is 1. The van der Waals surface area contributed by atoms with Crippen LogP contribution in [0.1, 0.15) is 35.5 Å². The van der Waals surface area contributed by atoms with Crippen molar-refractivity contribution in [3.8, 4) is 0 Å². The van der Waals surface area contributed by atoms with Crippen molar-refractivity contribution >= 4 is 11.7 Å². The number of carbonyl (C=O) groups is 1. The van der Waals surface area contributed by atoms with Gasteiger partial charge in [0, 0.05) is 38.6 Å². The van der Waals surface area contributed by atoms with Crippen molar-refractivity contribution in [2.24, 2.45) is 0 Å². The van der Waals surface area contributed by atoms with Gasteiger partial charge in [0.2, 0.25) is 0 Å². The first-order chi connectivity index (χ1) is 12.5. The molecule has 0 radical (unpaired) electrons. The molecule has 2 atom stereocenters. The van der Waals surface area contributed by atoms with Gasteiger partial charge in [0.15, 0.2) is 11.5 Å². The van der Waals surface area contributed by atoms with E-state index in [1.54, 1.807) is 0 Å². The van der Waals surface area contributed by atoms with Crippen LogP contribution < -0.4 is 11.1 Å². The van der Waals surface area contributed by atoms with E-state index in [9.17, 15) is 4.79 Å². The third-order valence-electron chi connectivity index (χ3n) is 4.32. The number of amides is 1. The second-order valence-electron chi connectivity index (χ2n) is 6.74. The molecule has 0 unspecified atom stereocenters. The highest BCUT2D eigenvalue weighted by Gasteiger charge is 2.21. The molecule has 1 aromatic carbocycles. The largest absolute Gasteiger partial charge is 0.382 e. The second-order valence-corrected chi connectivity index (χ2v) is 6.74. The molecule has 2 heterocycles. The van der Waals surface area contributed by atoms with E-state index in [4.69, 9.17) is 10.5 Å². The van der Waals surface area contributed by atoms with Crippen LogP contribution in [0.3, 0.4) is 0 Å². The molecule has 7 nitrogen and oxygen atoms in total. The number of nitrogens with two attached hydrogens (primary N) is 1. The van der Waals surface area contributed by atoms with Gasteiger partial charge < -0.3 is 15.8 Å². The van der Waals surface area contributed by atoms with E-state index < -0.39 is 0 Å². The van der Waals surface area contributed by atoms with Gasteiger partial charge in [0.25, 0.3) is 5.91 Å². The molecule has 1 aromatic heterocycles. The molecule has 0 aliphatic carbocycles. The Morgan fingerprint density at radius 2 is 1.77 bits per heavy atom. The first-order valence-corrected chi connectivity index (χ1v) is 8.81. The van der Waals surface area contributed by atoms with Gasteiger partial charge >= 0.3 is 0 Å². The lowest BCUT2D eigenvalue weighted by molar-refractivity contribution is -0.0704. The zero-order chi connectivity index (χ0) is 18.5. The van der Waals surface area contributed by atoms with Crippen molar-refractivity contribution in [2.75, 3.05) is 18.8 Å². The van der Waals surface area contributed by atoms with E-state index in [1.807, 2.05) is 12.1 Å². The van der Waals surface area contributed by atoms with Crippen LogP contribution in [0.5, 0.6) is 0 Å². The lowest BCUT2D eigenvalue weighted by Gasteiger charge is -2.35. The quantitative estimate of drug-likeness (QED) is 0.846. The second kappa shape index (κ2) is 8.25. The lowest BCUT2D eigenvalue weighted by Crippen LogP contribution is -2.44. The van der Waals surface area contributed by atoms with Crippen LogP contribution >= 0.6 is 0 Å². The van der Waals surface area contributed by atoms with Crippen molar-refractivity contribution in [3.05, 3.63) is 53.5 Å². The first-order valence-electron chi connectivity index (χ1n) is 8.81. The standard InChI is InChI=1S/C19H25N5O2/c1-13-10-24(11-14(2)26-13)12-16-5-3-15(4-6-16)9-23-19(25)17-18(20)22-8-7-21-17/h3-8,13-14H,9-12H2,1-2H3,(H2,20,22)(H,23,25)/t13-,14-/m0/s1. The van der Waals surface area contributed by atoms with Gasteiger partial charge in [-0.25, -0.2) is 9.97 Å². The summed E-state index contributed by atoms with van der Waals surface area (Å²) in [7, 11) is 0. The molecule has 0 bridgehead atoms. The van der Waals surface area contributed by atoms with E-state index in [0.717, 1.165) is 25.2 Å². The molecule has 1 aliphatic heterocycles. The van der Waals surface area contributed by atoms with Gasteiger partial charge in [-0.2, -0.15) is 0 Å². The predicted molar refractivity (Wildman–Crippen MR) is 99.3 cm³/mol. The minimum absolute atomic E-state index is 0.134. The van der Waals surface area contributed by atoms with E-state index >= 15 is 0 Å². The van der Waals surface area contributed by atoms with Gasteiger partial charge in [0.05, 0.1) is 12.2 Å². The van der Waals surface area contributed by atoms with Crippen LogP contribution in [0.25, 0.3) is 0 Å². The summed E-state index contributed by atoms with van der Waals surface area (Å²) in [5.41, 5.74) is 8.09. The Morgan fingerprint density at radius 3 is 2.42 bits per heavy atom. The maximum absolute atomic E-state index is 12.1. The van der Waals surface area contributed by atoms with Gasteiger partial charge in [-0.15, -0.1) is 0 Å². The number of morpholine rings is 1. The van der Waals surface area contributed by atoms with Crippen molar-refractivity contribution in [1.29, 1.82) is 0 Å². The molecular weight excluding hydrogens is 330 g/mol. The normalized spacial score (nSPS) is 20.7. The lowest BCUT2D eigenvalue weighted by atomic mass is 10.1. The number of benzene rings is 1. The number of aromatic nitrogens is 2. The maximum Gasteiger partial charge on any atom is 0.273 e. The van der Waals surface area contributed by atoms with Crippen molar-refractivity contribution in [1.82, 2.24) is 20.2 Å². The van der Waals surface area contributed by atoms with Crippen molar-refractivity contribution < 1.29 is 9.53 Å². The zero-order valence-electron chi connectivity index (χ0n) is 15.2. The Morgan fingerprint density at radius 1 is 1.15 bits per heavy atom. The molecule has 7 heteroatoms. The number of carbonyl (C=O) groups excluding carboxylic acids is 1. The predicted octanol–water partition coefficient (Wildman–Crippen LogP) is 1.60. The molecule has 3 N–H and O–H groups in total. The number of nitrogen functional groups attached to an aromatic ring is 1. The molecule has 1 amide bonds. The number of nitrogens with one attached hydrogen (secondary N) is 1. The summed E-state index contributed by atoms with van der Waals surface area (Å²) in [6, 6.07) is 8.26. The third kappa shape index (κ3) is 4.77. The van der Waals surface area contributed by atoms with E-state index in [2.05, 4.69) is 46.2 Å². The molecular formula is C19H25N5O2. The molecule has 3 rings (SSSR count). The molecule has 0 spiro atoms. The Kier molecular flexibility index (Phi) is 5.80. The van der Waals surface area contributed by atoms with Crippen LogP contribution in [0.15, 0.2) is 36.7 Å². The summed E-state index contributed by atoms with van der Waals surface area (Å²) in [4.78, 5) is 22.4. The number of hydrogen-bond donors (Lipinski definition) is 2. The number of nitrogens with zero attached hydrogens (tertiary/aromatic N) is 3. The first kappa shape index (κ1) is 18.3. The molecule has 0 saturated carbocycles. The zero-order valence-corrected chi connectivity index (χ0v) is 15.2. The monoisotopic (exact) mass is 355 g/mol. The van der Waals surface area contributed by atoms with Gasteiger partial charge in [-0.05, 0) is 25.0 Å². The SMILES string of the molecule is C[C@H]1CN(Cc2ccc(CNC(=O)c3nccnc3N)cc2)C[C@H](C)O1. The average Bonchev–Trinajstić information content (AvgIpc) is 2.60. The Hall–Kier alpha value is -2.51. The van der Waals surface area contributed by atoms with Crippen LogP contribution in [0.2, 0.25) is 0 Å². The fourth-order valence-corrected chi connectivity index (χ4v) is 3.22. The van der Waals surface area contributed by atoms with Crippen LogP contribution in [0, 0.1) is 0 Å².